The van der Waals surface area contributed by atoms with Gasteiger partial charge in [-0.15, -0.1) is 0 Å². The summed E-state index contributed by atoms with van der Waals surface area (Å²) in [5.74, 6) is -0.318. The number of aromatic nitrogens is 4. The zero-order valence-corrected chi connectivity index (χ0v) is 12.6. The summed E-state index contributed by atoms with van der Waals surface area (Å²) in [7, 11) is 0. The van der Waals surface area contributed by atoms with Crippen LogP contribution in [0.1, 0.15) is 26.0 Å². The maximum atomic E-state index is 10.8. The SMILES string of the molecule is CC(=O)OC[C@@H]1CC[C@H](n2cnc3c(Cl)nc(Cl)nc32)O1. The summed E-state index contributed by atoms with van der Waals surface area (Å²) in [6, 6.07) is 0. The van der Waals surface area contributed by atoms with Crippen LogP contribution < -0.4 is 0 Å². The Bertz CT molecular complexity index is 690. The summed E-state index contributed by atoms with van der Waals surface area (Å²) >= 11 is 11.8. The molecule has 2 aromatic rings. The minimum atomic E-state index is -0.318. The molecule has 1 aliphatic rings. The lowest BCUT2D eigenvalue weighted by Gasteiger charge is -2.15. The second-order valence-electron chi connectivity index (χ2n) is 4.70. The first kappa shape index (κ1) is 14.5. The molecule has 0 amide bonds. The van der Waals surface area contributed by atoms with E-state index in [1.165, 1.54) is 6.92 Å². The number of nitrogens with zero attached hydrogens (tertiary/aromatic N) is 4. The van der Waals surface area contributed by atoms with Crippen molar-refractivity contribution in [3.63, 3.8) is 0 Å². The number of halogens is 2. The molecule has 3 rings (SSSR count). The maximum absolute atomic E-state index is 10.8. The molecule has 1 saturated heterocycles. The monoisotopic (exact) mass is 330 g/mol. The van der Waals surface area contributed by atoms with Crippen LogP contribution in [0.15, 0.2) is 6.33 Å². The van der Waals surface area contributed by atoms with E-state index in [0.717, 1.165) is 12.8 Å². The summed E-state index contributed by atoms with van der Waals surface area (Å²) in [6.07, 6.45) is 2.77. The van der Waals surface area contributed by atoms with Crippen LogP contribution in [-0.2, 0) is 14.3 Å². The molecular formula is C12H12Cl2N4O3. The van der Waals surface area contributed by atoms with Crippen molar-refractivity contribution in [1.29, 1.82) is 0 Å². The Hall–Kier alpha value is -1.44. The van der Waals surface area contributed by atoms with Crippen molar-refractivity contribution in [3.05, 3.63) is 16.8 Å². The van der Waals surface area contributed by atoms with Crippen LogP contribution in [0, 0.1) is 0 Å². The highest BCUT2D eigenvalue weighted by atomic mass is 35.5. The van der Waals surface area contributed by atoms with Crippen LogP contribution in [0.4, 0.5) is 0 Å². The Labute approximate surface area is 130 Å². The van der Waals surface area contributed by atoms with Gasteiger partial charge in [-0.2, -0.15) is 4.98 Å². The first-order valence-corrected chi connectivity index (χ1v) is 7.14. The molecular weight excluding hydrogens is 319 g/mol. The highest BCUT2D eigenvalue weighted by Gasteiger charge is 2.29. The van der Waals surface area contributed by atoms with Gasteiger partial charge in [0.15, 0.2) is 10.8 Å². The minimum absolute atomic E-state index is 0.0590. The van der Waals surface area contributed by atoms with E-state index in [9.17, 15) is 4.79 Å². The molecule has 1 aliphatic heterocycles. The molecule has 1 fully saturated rings. The van der Waals surface area contributed by atoms with Crippen LogP contribution in [-0.4, -0.2) is 38.2 Å². The third kappa shape index (κ3) is 2.95. The third-order valence-electron chi connectivity index (χ3n) is 3.22. The van der Waals surface area contributed by atoms with Gasteiger partial charge < -0.3 is 9.47 Å². The van der Waals surface area contributed by atoms with Crippen LogP contribution >= 0.6 is 23.2 Å². The number of hydrogen-bond donors (Lipinski definition) is 0. The van der Waals surface area contributed by atoms with Gasteiger partial charge in [0.1, 0.15) is 18.4 Å². The highest BCUT2D eigenvalue weighted by Crippen LogP contribution is 2.32. The second kappa shape index (κ2) is 5.75. The third-order valence-corrected chi connectivity index (χ3v) is 3.65. The average molecular weight is 331 g/mol. The van der Waals surface area contributed by atoms with E-state index in [2.05, 4.69) is 15.0 Å². The van der Waals surface area contributed by atoms with E-state index in [1.807, 2.05) is 0 Å². The molecule has 2 aromatic heterocycles. The molecule has 0 radical (unpaired) electrons. The van der Waals surface area contributed by atoms with Gasteiger partial charge in [-0.05, 0) is 24.4 Å². The van der Waals surface area contributed by atoms with Crippen molar-refractivity contribution in [2.75, 3.05) is 6.61 Å². The van der Waals surface area contributed by atoms with E-state index in [0.29, 0.717) is 11.2 Å². The zero-order chi connectivity index (χ0) is 15.0. The summed E-state index contributed by atoms with van der Waals surface area (Å²) < 4.78 is 12.6. The van der Waals surface area contributed by atoms with Crippen LogP contribution in [0.3, 0.4) is 0 Å². The van der Waals surface area contributed by atoms with Crippen molar-refractivity contribution in [1.82, 2.24) is 19.5 Å². The Morgan fingerprint density at radius 2 is 2.29 bits per heavy atom. The molecule has 0 spiro atoms. The summed E-state index contributed by atoms with van der Waals surface area (Å²) in [5, 5.41) is 0.266. The fourth-order valence-corrected chi connectivity index (χ4v) is 2.71. The highest BCUT2D eigenvalue weighted by molar-refractivity contribution is 6.35. The largest absolute Gasteiger partial charge is 0.463 e. The van der Waals surface area contributed by atoms with Crippen LogP contribution in [0.5, 0.6) is 0 Å². The minimum Gasteiger partial charge on any atom is -0.463 e. The molecule has 0 saturated carbocycles. The molecule has 3 heterocycles. The fourth-order valence-electron chi connectivity index (χ4n) is 2.29. The molecule has 112 valence electrons. The fraction of sp³-hybridized carbons (Fsp3) is 0.500. The molecule has 0 N–H and O–H groups in total. The predicted molar refractivity (Wildman–Crippen MR) is 75.1 cm³/mol. The number of esters is 1. The van der Waals surface area contributed by atoms with Crippen molar-refractivity contribution >= 4 is 40.3 Å². The van der Waals surface area contributed by atoms with Gasteiger partial charge in [-0.25, -0.2) is 9.97 Å². The molecule has 21 heavy (non-hydrogen) atoms. The molecule has 0 bridgehead atoms. The van der Waals surface area contributed by atoms with E-state index in [-0.39, 0.29) is 35.3 Å². The van der Waals surface area contributed by atoms with Gasteiger partial charge in [-0.3, -0.25) is 9.36 Å². The number of hydrogen-bond acceptors (Lipinski definition) is 6. The molecule has 7 nitrogen and oxygen atoms in total. The number of carbonyl (C=O) groups excluding carboxylic acids is 1. The number of imidazole rings is 1. The molecule has 9 heteroatoms. The number of fused-ring (bicyclic) bond motifs is 1. The van der Waals surface area contributed by atoms with Gasteiger partial charge in [0.25, 0.3) is 0 Å². The van der Waals surface area contributed by atoms with Crippen molar-refractivity contribution < 1.29 is 14.3 Å². The number of carbonyl (C=O) groups is 1. The van der Waals surface area contributed by atoms with E-state index in [1.54, 1.807) is 10.9 Å². The van der Waals surface area contributed by atoms with Crippen LogP contribution in [0.2, 0.25) is 10.4 Å². The lowest BCUT2D eigenvalue weighted by atomic mass is 10.2. The smallest absolute Gasteiger partial charge is 0.302 e. The lowest BCUT2D eigenvalue weighted by molar-refractivity contribution is -0.145. The normalized spacial score (nSPS) is 21.9. The number of ether oxygens (including phenoxy) is 2. The predicted octanol–water partition coefficient (Wildman–Crippen LogP) is 2.37. The Morgan fingerprint density at radius 3 is 3.05 bits per heavy atom. The van der Waals surface area contributed by atoms with Crippen molar-refractivity contribution in [2.45, 2.75) is 32.1 Å². The zero-order valence-electron chi connectivity index (χ0n) is 11.1. The molecule has 0 unspecified atom stereocenters. The molecule has 2 atom stereocenters. The van der Waals surface area contributed by atoms with Gasteiger partial charge in [0.2, 0.25) is 5.28 Å². The average Bonchev–Trinajstić information content (AvgIpc) is 3.02. The van der Waals surface area contributed by atoms with Crippen LogP contribution in [0.25, 0.3) is 11.2 Å². The topological polar surface area (TPSA) is 79.1 Å². The summed E-state index contributed by atoms with van der Waals surface area (Å²) in [4.78, 5) is 23.0. The quantitative estimate of drug-likeness (QED) is 0.488. The first-order valence-electron chi connectivity index (χ1n) is 6.39. The van der Waals surface area contributed by atoms with E-state index in [4.69, 9.17) is 32.7 Å². The van der Waals surface area contributed by atoms with E-state index < -0.39 is 0 Å². The Balaban J connectivity index is 1.81. The van der Waals surface area contributed by atoms with Gasteiger partial charge in [0, 0.05) is 6.92 Å². The van der Waals surface area contributed by atoms with Gasteiger partial charge >= 0.3 is 5.97 Å². The maximum Gasteiger partial charge on any atom is 0.302 e. The summed E-state index contributed by atoms with van der Waals surface area (Å²) in [6.45, 7) is 1.62. The molecule has 0 aliphatic carbocycles. The Kier molecular flexibility index (Phi) is 3.97. The Morgan fingerprint density at radius 1 is 1.48 bits per heavy atom. The van der Waals surface area contributed by atoms with Crippen molar-refractivity contribution in [2.24, 2.45) is 0 Å². The van der Waals surface area contributed by atoms with Crippen molar-refractivity contribution in [3.8, 4) is 0 Å². The molecule has 0 aromatic carbocycles. The van der Waals surface area contributed by atoms with E-state index >= 15 is 0 Å². The summed E-state index contributed by atoms with van der Waals surface area (Å²) in [5.41, 5.74) is 1.01. The second-order valence-corrected chi connectivity index (χ2v) is 5.40. The first-order chi connectivity index (χ1) is 10.0. The standard InChI is InChI=1S/C12H12Cl2N4O3/c1-6(19)20-4-7-2-3-8(21-7)18-5-15-9-10(13)16-12(14)17-11(9)18/h5,7-8H,2-4H2,1H3/t7-,8+/m0/s1. The lowest BCUT2D eigenvalue weighted by Crippen LogP contribution is -2.18. The van der Waals surface area contributed by atoms with Gasteiger partial charge in [-0.1, -0.05) is 11.6 Å². The number of rotatable bonds is 3. The van der Waals surface area contributed by atoms with Gasteiger partial charge in [0.05, 0.1) is 12.4 Å².